The number of nitrogens with two attached hydrogens (primary N) is 1. The number of nitrogens with zero attached hydrogens (tertiary/aromatic N) is 1. The Morgan fingerprint density at radius 1 is 1.36 bits per heavy atom. The molecule has 0 aliphatic carbocycles. The van der Waals surface area contributed by atoms with E-state index in [-0.39, 0.29) is 47.3 Å². The molecule has 4 nitrogen and oxygen atoms in total. The molecule has 0 amide bonds. The first kappa shape index (κ1) is 21.5. The van der Waals surface area contributed by atoms with Crippen molar-refractivity contribution in [2.45, 2.75) is 27.0 Å². The molecule has 9 heteroatoms. The fourth-order valence-electron chi connectivity index (χ4n) is 1.49. The fraction of sp³-hybridized carbons (Fsp3) is 0.462. The summed E-state index contributed by atoms with van der Waals surface area (Å²) in [5.41, 5.74) is 6.02. The third-order valence-electron chi connectivity index (χ3n) is 2.40. The number of aliphatic imine (C=N–C) groups is 1. The van der Waals surface area contributed by atoms with Crippen LogP contribution in [0.15, 0.2) is 17.1 Å². The number of nitrogens with one attached hydrogen (secondary N) is 1. The van der Waals surface area contributed by atoms with Crippen LogP contribution in [0, 0.1) is 5.92 Å². The molecule has 0 heterocycles. The van der Waals surface area contributed by atoms with E-state index in [0.29, 0.717) is 23.0 Å². The molecule has 0 aliphatic rings. The number of benzene rings is 1. The summed E-state index contributed by atoms with van der Waals surface area (Å²) in [5, 5.41) is 3.22. The summed E-state index contributed by atoms with van der Waals surface area (Å²) in [4.78, 5) is 4.06. The quantitative estimate of drug-likeness (QED) is 0.373. The van der Waals surface area contributed by atoms with Crippen molar-refractivity contribution < 1.29 is 13.5 Å². The predicted molar refractivity (Wildman–Crippen MR) is 96.7 cm³/mol. The summed E-state index contributed by atoms with van der Waals surface area (Å²) < 4.78 is 29.2. The Labute approximate surface area is 155 Å². The topological polar surface area (TPSA) is 59.6 Å². The van der Waals surface area contributed by atoms with Gasteiger partial charge in [-0.2, -0.15) is 8.78 Å². The van der Waals surface area contributed by atoms with Crippen molar-refractivity contribution in [1.29, 1.82) is 0 Å². The summed E-state index contributed by atoms with van der Waals surface area (Å²) in [5.74, 6) is 0.469. The Morgan fingerprint density at radius 3 is 2.55 bits per heavy atom. The van der Waals surface area contributed by atoms with E-state index in [2.05, 4.69) is 15.0 Å². The third-order valence-corrected chi connectivity index (χ3v) is 2.90. The van der Waals surface area contributed by atoms with Crippen molar-refractivity contribution in [2.75, 3.05) is 6.54 Å². The molecule has 0 spiro atoms. The molecule has 1 rings (SSSR count). The lowest BCUT2D eigenvalue weighted by Crippen LogP contribution is -2.34. The summed E-state index contributed by atoms with van der Waals surface area (Å²) in [7, 11) is 0. The number of halogens is 5. The number of hydrogen-bond acceptors (Lipinski definition) is 2. The summed E-state index contributed by atoms with van der Waals surface area (Å²) in [6, 6.07) is 2.79. The highest BCUT2D eigenvalue weighted by Gasteiger charge is 2.15. The number of ether oxygens (including phenoxy) is 1. The first-order chi connectivity index (χ1) is 9.79. The lowest BCUT2D eigenvalue weighted by molar-refractivity contribution is -0.0503. The van der Waals surface area contributed by atoms with Gasteiger partial charge >= 0.3 is 6.61 Å². The minimum Gasteiger partial charge on any atom is -0.433 e. The van der Waals surface area contributed by atoms with Crippen LogP contribution in [0.1, 0.15) is 19.4 Å². The van der Waals surface area contributed by atoms with Crippen LogP contribution in [-0.2, 0) is 6.54 Å². The van der Waals surface area contributed by atoms with Gasteiger partial charge in [0.25, 0.3) is 0 Å². The molecule has 0 aromatic heterocycles. The van der Waals surface area contributed by atoms with E-state index in [9.17, 15) is 8.78 Å². The van der Waals surface area contributed by atoms with E-state index in [1.54, 1.807) is 0 Å². The second-order valence-electron chi connectivity index (χ2n) is 4.73. The molecule has 126 valence electrons. The Bertz CT molecular complexity index is 516. The van der Waals surface area contributed by atoms with Crippen LogP contribution < -0.4 is 15.8 Å². The Hall–Kier alpha value is -0.540. The van der Waals surface area contributed by atoms with E-state index in [0.717, 1.165) is 0 Å². The van der Waals surface area contributed by atoms with Crippen LogP contribution in [0.4, 0.5) is 8.78 Å². The van der Waals surface area contributed by atoms with E-state index >= 15 is 0 Å². The van der Waals surface area contributed by atoms with Crippen LogP contribution in [0.25, 0.3) is 0 Å². The average molecular weight is 468 g/mol. The molecule has 1 aromatic rings. The Morgan fingerprint density at radius 2 is 2.00 bits per heavy atom. The Balaban J connectivity index is 0.00000441. The zero-order chi connectivity index (χ0) is 16.0. The molecule has 0 saturated heterocycles. The highest BCUT2D eigenvalue weighted by atomic mass is 127. The second-order valence-corrected chi connectivity index (χ2v) is 5.57. The molecule has 0 atom stereocenters. The predicted octanol–water partition coefficient (Wildman–Crippen LogP) is 4.27. The van der Waals surface area contributed by atoms with Gasteiger partial charge in [0.15, 0.2) is 5.96 Å². The van der Waals surface area contributed by atoms with Crippen molar-refractivity contribution in [3.05, 3.63) is 27.7 Å². The van der Waals surface area contributed by atoms with Gasteiger partial charge in [0.2, 0.25) is 0 Å². The van der Waals surface area contributed by atoms with Crippen molar-refractivity contribution in [2.24, 2.45) is 16.6 Å². The van der Waals surface area contributed by atoms with Crippen LogP contribution >= 0.6 is 47.2 Å². The van der Waals surface area contributed by atoms with Crippen molar-refractivity contribution in [3.8, 4) is 5.75 Å². The number of hydrogen-bond donors (Lipinski definition) is 2. The van der Waals surface area contributed by atoms with E-state index in [1.165, 1.54) is 12.1 Å². The molecular formula is C13H18Cl2F2IN3O. The smallest absolute Gasteiger partial charge is 0.387 e. The van der Waals surface area contributed by atoms with Crippen LogP contribution in [0.2, 0.25) is 10.0 Å². The van der Waals surface area contributed by atoms with Crippen LogP contribution in [-0.4, -0.2) is 19.1 Å². The van der Waals surface area contributed by atoms with Gasteiger partial charge in [-0.1, -0.05) is 37.0 Å². The van der Waals surface area contributed by atoms with Gasteiger partial charge in [-0.3, -0.25) is 0 Å². The van der Waals surface area contributed by atoms with Gasteiger partial charge in [0.05, 0.1) is 11.6 Å². The van der Waals surface area contributed by atoms with Gasteiger partial charge in [-0.05, 0) is 18.1 Å². The van der Waals surface area contributed by atoms with Crippen LogP contribution in [0.3, 0.4) is 0 Å². The zero-order valence-electron chi connectivity index (χ0n) is 12.1. The van der Waals surface area contributed by atoms with Gasteiger partial charge in [-0.25, -0.2) is 4.99 Å². The maximum Gasteiger partial charge on any atom is 0.387 e. The van der Waals surface area contributed by atoms with Crippen molar-refractivity contribution in [3.63, 3.8) is 0 Å². The first-order valence-electron chi connectivity index (χ1n) is 6.26. The lowest BCUT2D eigenvalue weighted by Gasteiger charge is -2.12. The van der Waals surface area contributed by atoms with Gasteiger partial charge < -0.3 is 15.8 Å². The summed E-state index contributed by atoms with van der Waals surface area (Å²) >= 11 is 11.7. The zero-order valence-corrected chi connectivity index (χ0v) is 15.9. The van der Waals surface area contributed by atoms with Gasteiger partial charge in [0.1, 0.15) is 5.75 Å². The SMILES string of the molecule is CC(C)CNC(N)=NCc1cc(Cl)cc(Cl)c1OC(F)F.I. The number of guanidine groups is 1. The Kier molecular flexibility index (Phi) is 10.0. The molecular weight excluding hydrogens is 450 g/mol. The van der Waals surface area contributed by atoms with Crippen molar-refractivity contribution in [1.82, 2.24) is 5.32 Å². The largest absolute Gasteiger partial charge is 0.433 e. The minimum atomic E-state index is -2.98. The maximum absolute atomic E-state index is 12.4. The molecule has 0 unspecified atom stereocenters. The normalized spacial score (nSPS) is 11.5. The summed E-state index contributed by atoms with van der Waals surface area (Å²) in [6.07, 6.45) is 0. The second kappa shape index (κ2) is 10.3. The fourth-order valence-corrected chi connectivity index (χ4v) is 2.07. The van der Waals surface area contributed by atoms with E-state index in [1.807, 2.05) is 13.8 Å². The van der Waals surface area contributed by atoms with Gasteiger partial charge in [0, 0.05) is 17.1 Å². The molecule has 22 heavy (non-hydrogen) atoms. The average Bonchev–Trinajstić information content (AvgIpc) is 2.37. The third kappa shape index (κ3) is 7.64. The monoisotopic (exact) mass is 467 g/mol. The highest BCUT2D eigenvalue weighted by Crippen LogP contribution is 2.34. The molecule has 0 saturated carbocycles. The highest BCUT2D eigenvalue weighted by molar-refractivity contribution is 14.0. The van der Waals surface area contributed by atoms with Crippen LogP contribution in [0.5, 0.6) is 5.75 Å². The standard InChI is InChI=1S/C13H17Cl2F2N3O.HI/c1-7(2)5-19-13(18)20-6-8-3-9(14)4-10(15)11(8)21-12(16)17;/h3-4,7,12H,5-6H2,1-2H3,(H3,18,19,20);1H. The maximum atomic E-state index is 12.4. The molecule has 0 aliphatic heterocycles. The lowest BCUT2D eigenvalue weighted by atomic mass is 10.2. The molecule has 0 fully saturated rings. The first-order valence-corrected chi connectivity index (χ1v) is 7.01. The molecule has 0 bridgehead atoms. The molecule has 1 aromatic carbocycles. The van der Waals surface area contributed by atoms with E-state index in [4.69, 9.17) is 28.9 Å². The van der Waals surface area contributed by atoms with Gasteiger partial charge in [-0.15, -0.1) is 24.0 Å². The number of rotatable bonds is 6. The minimum absolute atomic E-state index is 0. The summed E-state index contributed by atoms with van der Waals surface area (Å²) in [6.45, 7) is 1.74. The van der Waals surface area contributed by atoms with E-state index < -0.39 is 6.61 Å². The number of alkyl halides is 2. The van der Waals surface area contributed by atoms with Crippen molar-refractivity contribution >= 4 is 53.1 Å². The molecule has 0 radical (unpaired) electrons. The molecule has 3 N–H and O–H groups in total.